The van der Waals surface area contributed by atoms with Crippen LogP contribution in [0.15, 0.2) is 82.0 Å². The maximum Gasteiger partial charge on any atom is 0.340 e. The first-order chi connectivity index (χ1) is 18.0. The summed E-state index contributed by atoms with van der Waals surface area (Å²) in [7, 11) is 0. The van der Waals surface area contributed by atoms with Crippen LogP contribution in [0.1, 0.15) is 22.3 Å². The Kier molecular flexibility index (Phi) is 7.63. The van der Waals surface area contributed by atoms with E-state index in [1.54, 1.807) is 12.1 Å². The Morgan fingerprint density at radius 3 is 2.49 bits per heavy atom. The predicted molar refractivity (Wildman–Crippen MR) is 143 cm³/mol. The normalized spacial score (nSPS) is 14.0. The number of carbonyl (C=O) groups excluding carboxylic acids is 1. The highest BCUT2D eigenvalue weighted by Crippen LogP contribution is 2.25. The van der Waals surface area contributed by atoms with E-state index in [9.17, 15) is 9.59 Å². The van der Waals surface area contributed by atoms with Gasteiger partial charge in [0.1, 0.15) is 11.3 Å². The third-order valence-electron chi connectivity index (χ3n) is 6.60. The predicted octanol–water partition coefficient (Wildman–Crippen LogP) is 4.54. The van der Waals surface area contributed by atoms with Crippen LogP contribution in [0.3, 0.4) is 0 Å². The number of hydrogen-bond acceptors (Lipinski definition) is 6. The molecule has 1 saturated heterocycles. The molecule has 0 aliphatic carbocycles. The second kappa shape index (κ2) is 11.4. The summed E-state index contributed by atoms with van der Waals surface area (Å²) in [5.74, 6) is 0.193. The van der Waals surface area contributed by atoms with E-state index in [0.29, 0.717) is 29.0 Å². The van der Waals surface area contributed by atoms with E-state index in [4.69, 9.17) is 13.9 Å². The van der Waals surface area contributed by atoms with Gasteiger partial charge >= 0.3 is 5.63 Å². The number of ether oxygens (including phenoxy) is 2. The standard InChI is InChI=1S/C30H30N2O5/c1-21-26-12-11-25(18-28(26)37-30(34)27(21)17-22-5-3-2-4-6-22)36-20-29(33)31-24-9-7-23(8-10-24)19-32-13-15-35-16-14-32/h2-12,18H,13-17,19-20H2,1H3,(H,31,33). The minimum Gasteiger partial charge on any atom is -0.484 e. The number of benzene rings is 3. The van der Waals surface area contributed by atoms with Crippen molar-refractivity contribution >= 4 is 22.6 Å². The van der Waals surface area contributed by atoms with Gasteiger partial charge in [-0.05, 0) is 47.9 Å². The number of morpholine rings is 1. The number of fused-ring (bicyclic) bond motifs is 1. The lowest BCUT2D eigenvalue weighted by molar-refractivity contribution is -0.118. The summed E-state index contributed by atoms with van der Waals surface area (Å²) in [5, 5.41) is 3.70. The molecule has 1 amide bonds. The fourth-order valence-corrected chi connectivity index (χ4v) is 4.53. The average molecular weight is 499 g/mol. The molecule has 1 aromatic heterocycles. The minimum atomic E-state index is -0.360. The molecule has 7 nitrogen and oxygen atoms in total. The van der Waals surface area contributed by atoms with Crippen molar-refractivity contribution in [2.45, 2.75) is 19.9 Å². The molecule has 1 fully saturated rings. The summed E-state index contributed by atoms with van der Waals surface area (Å²) < 4.78 is 16.7. The minimum absolute atomic E-state index is 0.156. The van der Waals surface area contributed by atoms with Crippen LogP contribution in [0.2, 0.25) is 0 Å². The summed E-state index contributed by atoms with van der Waals surface area (Å²) in [6.45, 7) is 6.05. The summed E-state index contributed by atoms with van der Waals surface area (Å²) in [6.07, 6.45) is 0.511. The van der Waals surface area contributed by atoms with Gasteiger partial charge in [-0.25, -0.2) is 4.79 Å². The highest BCUT2D eigenvalue weighted by Gasteiger charge is 2.14. The molecule has 0 bridgehead atoms. The maximum absolute atomic E-state index is 12.7. The molecule has 0 unspecified atom stereocenters. The lowest BCUT2D eigenvalue weighted by atomic mass is 10.00. The highest BCUT2D eigenvalue weighted by atomic mass is 16.5. The number of nitrogens with zero attached hydrogens (tertiary/aromatic N) is 1. The van der Waals surface area contributed by atoms with Crippen LogP contribution in [0.5, 0.6) is 5.75 Å². The van der Waals surface area contributed by atoms with Crippen molar-refractivity contribution in [3.8, 4) is 5.75 Å². The van der Waals surface area contributed by atoms with Crippen LogP contribution in [-0.2, 0) is 22.5 Å². The molecule has 4 aromatic rings. The summed E-state index contributed by atoms with van der Waals surface area (Å²) in [4.78, 5) is 27.5. The quantitative estimate of drug-likeness (QED) is 0.359. The van der Waals surface area contributed by atoms with E-state index < -0.39 is 0 Å². The average Bonchev–Trinajstić information content (AvgIpc) is 2.92. The van der Waals surface area contributed by atoms with Crippen molar-refractivity contribution in [3.63, 3.8) is 0 Å². The van der Waals surface area contributed by atoms with Crippen molar-refractivity contribution in [2.24, 2.45) is 0 Å². The lowest BCUT2D eigenvalue weighted by Crippen LogP contribution is -2.35. The van der Waals surface area contributed by atoms with Crippen molar-refractivity contribution in [3.05, 3.63) is 105 Å². The Morgan fingerprint density at radius 2 is 1.73 bits per heavy atom. The molecule has 2 heterocycles. The zero-order valence-electron chi connectivity index (χ0n) is 20.9. The van der Waals surface area contributed by atoms with Gasteiger partial charge in [0.25, 0.3) is 5.91 Å². The van der Waals surface area contributed by atoms with Gasteiger partial charge in [-0.3, -0.25) is 9.69 Å². The molecular weight excluding hydrogens is 468 g/mol. The Labute approximate surface area is 215 Å². The topological polar surface area (TPSA) is 81.0 Å². The number of carbonyl (C=O) groups is 1. The van der Waals surface area contributed by atoms with E-state index in [2.05, 4.69) is 10.2 Å². The Hall–Kier alpha value is -3.94. The van der Waals surface area contributed by atoms with Crippen LogP contribution in [0.25, 0.3) is 11.0 Å². The first-order valence-corrected chi connectivity index (χ1v) is 12.5. The zero-order chi connectivity index (χ0) is 25.6. The van der Waals surface area contributed by atoms with Gasteiger partial charge in [0.05, 0.1) is 13.2 Å². The second-order valence-electron chi connectivity index (χ2n) is 9.24. The molecule has 0 radical (unpaired) electrons. The van der Waals surface area contributed by atoms with Crippen molar-refractivity contribution < 1.29 is 18.7 Å². The fourth-order valence-electron chi connectivity index (χ4n) is 4.53. The van der Waals surface area contributed by atoms with Gasteiger partial charge in [-0.1, -0.05) is 42.5 Å². The molecule has 0 atom stereocenters. The van der Waals surface area contributed by atoms with Gasteiger partial charge in [0.2, 0.25) is 0 Å². The van der Waals surface area contributed by atoms with Gasteiger partial charge in [0.15, 0.2) is 6.61 Å². The molecule has 7 heteroatoms. The third kappa shape index (κ3) is 6.25. The Balaban J connectivity index is 1.19. The largest absolute Gasteiger partial charge is 0.484 e. The molecular formula is C30H30N2O5. The first-order valence-electron chi connectivity index (χ1n) is 12.5. The first kappa shape index (κ1) is 24.7. The number of amides is 1. The second-order valence-corrected chi connectivity index (χ2v) is 9.24. The molecule has 0 spiro atoms. The van der Waals surface area contributed by atoms with Crippen LogP contribution in [-0.4, -0.2) is 43.7 Å². The summed E-state index contributed by atoms with van der Waals surface area (Å²) in [6, 6.07) is 23.0. The van der Waals surface area contributed by atoms with Gasteiger partial charge in [-0.2, -0.15) is 0 Å². The SMILES string of the molecule is Cc1c(Cc2ccccc2)c(=O)oc2cc(OCC(=O)Nc3ccc(CN4CCOCC4)cc3)ccc12. The van der Waals surface area contributed by atoms with Crippen molar-refractivity contribution in [1.29, 1.82) is 0 Å². The van der Waals surface area contributed by atoms with Crippen LogP contribution >= 0.6 is 0 Å². The number of nitrogens with one attached hydrogen (secondary N) is 1. The number of anilines is 1. The molecule has 0 saturated carbocycles. The molecule has 3 aromatic carbocycles. The van der Waals surface area contributed by atoms with Gasteiger partial charge in [-0.15, -0.1) is 0 Å². The van der Waals surface area contributed by atoms with Gasteiger partial charge < -0.3 is 19.2 Å². The number of rotatable bonds is 8. The molecule has 5 rings (SSSR count). The van der Waals surface area contributed by atoms with Crippen LogP contribution < -0.4 is 15.7 Å². The smallest absolute Gasteiger partial charge is 0.340 e. The zero-order valence-corrected chi connectivity index (χ0v) is 20.9. The Bertz CT molecular complexity index is 1420. The summed E-state index contributed by atoms with van der Waals surface area (Å²) >= 11 is 0. The Morgan fingerprint density at radius 1 is 0.973 bits per heavy atom. The lowest BCUT2D eigenvalue weighted by Gasteiger charge is -2.26. The summed E-state index contributed by atoms with van der Waals surface area (Å²) in [5.41, 5.74) is 4.56. The maximum atomic E-state index is 12.7. The number of aryl methyl sites for hydroxylation is 1. The van der Waals surface area contributed by atoms with E-state index in [-0.39, 0.29) is 18.1 Å². The van der Waals surface area contributed by atoms with Gasteiger partial charge in [0, 0.05) is 48.8 Å². The molecule has 1 aliphatic heterocycles. The molecule has 1 aliphatic rings. The van der Waals surface area contributed by atoms with E-state index in [1.807, 2.05) is 67.6 Å². The van der Waals surface area contributed by atoms with E-state index in [0.717, 1.165) is 49.4 Å². The third-order valence-corrected chi connectivity index (χ3v) is 6.60. The molecule has 1 N–H and O–H groups in total. The number of hydrogen-bond donors (Lipinski definition) is 1. The molecule has 190 valence electrons. The van der Waals surface area contributed by atoms with Crippen LogP contribution in [0.4, 0.5) is 5.69 Å². The van der Waals surface area contributed by atoms with Crippen molar-refractivity contribution in [2.75, 3.05) is 38.2 Å². The highest BCUT2D eigenvalue weighted by molar-refractivity contribution is 5.92. The van der Waals surface area contributed by atoms with E-state index in [1.165, 1.54) is 5.56 Å². The van der Waals surface area contributed by atoms with Crippen molar-refractivity contribution in [1.82, 2.24) is 4.90 Å². The van der Waals surface area contributed by atoms with E-state index >= 15 is 0 Å². The van der Waals surface area contributed by atoms with Crippen LogP contribution in [0, 0.1) is 6.92 Å². The monoisotopic (exact) mass is 498 g/mol. The fraction of sp³-hybridized carbons (Fsp3) is 0.267. The molecule has 37 heavy (non-hydrogen) atoms.